The van der Waals surface area contributed by atoms with Crippen LogP contribution in [0.5, 0.6) is 0 Å². The van der Waals surface area contributed by atoms with Crippen LogP contribution in [0, 0.1) is 0 Å². The summed E-state index contributed by atoms with van der Waals surface area (Å²) in [5.41, 5.74) is 0. The predicted octanol–water partition coefficient (Wildman–Crippen LogP) is 4.44. The highest BCUT2D eigenvalue weighted by atomic mass is 127. The quantitative estimate of drug-likeness (QED) is 0.479. The molecule has 0 saturated carbocycles. The molecule has 0 spiro atoms. The second-order valence-corrected chi connectivity index (χ2v) is 8.91. The van der Waals surface area contributed by atoms with Crippen LogP contribution in [0.1, 0.15) is 33.1 Å². The molecule has 0 fully saturated rings. The van der Waals surface area contributed by atoms with Gasteiger partial charge in [0.05, 0.1) is 1.43 Å². The number of rotatable bonds is 2. The van der Waals surface area contributed by atoms with Gasteiger partial charge in [-0.2, -0.15) is 0 Å². The zero-order valence-corrected chi connectivity index (χ0v) is 12.9. The highest BCUT2D eigenvalue weighted by Crippen LogP contribution is 2.35. The number of Topliss-reactive ketones (excluding diaryl/α,β-unsaturated/α-hetero) is 1. The molecule has 1 aliphatic carbocycles. The van der Waals surface area contributed by atoms with E-state index in [0.29, 0.717) is 20.1 Å². The third-order valence-corrected chi connectivity index (χ3v) is 3.37. The van der Waals surface area contributed by atoms with Gasteiger partial charge in [-0.3, -0.25) is 4.79 Å². The van der Waals surface area contributed by atoms with Crippen molar-refractivity contribution in [1.82, 2.24) is 0 Å². The van der Waals surface area contributed by atoms with Gasteiger partial charge in [0.1, 0.15) is 5.78 Å². The molecule has 0 aromatic rings. The van der Waals surface area contributed by atoms with Gasteiger partial charge in [-0.05, 0) is 6.42 Å². The van der Waals surface area contributed by atoms with Crippen molar-refractivity contribution in [3.63, 3.8) is 0 Å². The van der Waals surface area contributed by atoms with Crippen LogP contribution in [0.2, 0.25) is 0 Å². The van der Waals surface area contributed by atoms with Crippen LogP contribution in [-0.2, 0) is 4.79 Å². The van der Waals surface area contributed by atoms with Crippen LogP contribution >= 0.6 is 45.2 Å². The topological polar surface area (TPSA) is 17.1 Å². The van der Waals surface area contributed by atoms with Crippen LogP contribution in [0.4, 0.5) is 0 Å². The lowest BCUT2D eigenvalue weighted by atomic mass is 10.2. The Hall–Kier alpha value is 0.610. The average Bonchev–Trinajstić information content (AvgIpc) is 2.17. The van der Waals surface area contributed by atoms with Gasteiger partial charge < -0.3 is 0 Å². The molecule has 14 heavy (non-hydrogen) atoms. The lowest BCUT2D eigenvalue weighted by Crippen LogP contribution is -2.05. The molecule has 1 aliphatic rings. The summed E-state index contributed by atoms with van der Waals surface area (Å²) in [4.78, 5) is 10.2. The van der Waals surface area contributed by atoms with Crippen LogP contribution in [-0.4, -0.2) is 7.21 Å². The number of carbonyl (C=O) groups is 1. The largest absolute Gasteiger partial charge is 0.300 e. The summed E-state index contributed by atoms with van der Waals surface area (Å²) in [5, 5.41) is 0. The lowest BCUT2D eigenvalue weighted by molar-refractivity contribution is -0.118. The van der Waals surface area contributed by atoms with E-state index in [-0.39, 0.29) is 0 Å². The summed E-state index contributed by atoms with van der Waals surface area (Å²) in [6.45, 7) is 3.76. The molecule has 0 aromatic carbocycles. The number of alkyl halides is 2. The molecule has 0 aliphatic heterocycles. The summed E-state index contributed by atoms with van der Waals surface area (Å²) in [6, 6.07) is 0. The Labute approximate surface area is 114 Å². The maximum atomic E-state index is 10.2. The molecule has 0 unspecified atom stereocenters. The molecule has 0 aromatic heterocycles. The highest BCUT2D eigenvalue weighted by Gasteiger charge is 2.16. The van der Waals surface area contributed by atoms with Crippen molar-refractivity contribution in [1.29, 1.82) is 0 Å². The van der Waals surface area contributed by atoms with Crippen LogP contribution < -0.4 is 0 Å². The van der Waals surface area contributed by atoms with Crippen molar-refractivity contribution in [2.75, 3.05) is 0 Å². The van der Waals surface area contributed by atoms with Gasteiger partial charge in [-0.25, -0.2) is 0 Å². The first-order valence-electron chi connectivity index (χ1n) is 4.75. The molecule has 1 nitrogen and oxygen atoms in total. The number of hydrogen-bond donors (Lipinski definition) is 0. The summed E-state index contributed by atoms with van der Waals surface area (Å²) < 4.78 is 0.351. The SMILES string of the molecule is CCC(=O)CC.IC1(I)C=CC=CC1. The second-order valence-electron chi connectivity index (χ2n) is 3.00. The van der Waals surface area contributed by atoms with Gasteiger partial charge in [0, 0.05) is 12.8 Å². The normalized spacial score (nSPS) is 17.1. The molecule has 80 valence electrons. The standard InChI is InChI=1S/C6H6I2.C5H10O/c7-6(8)4-2-1-3-5-6;1-3-5(6)4-2/h1-4H,5H2;3-4H2,1-2H3. The molecule has 0 bridgehead atoms. The van der Waals surface area contributed by atoms with E-state index in [1.54, 1.807) is 0 Å². The zero-order valence-electron chi connectivity index (χ0n) is 8.59. The Bertz CT molecular complexity index is 223. The number of hydrogen-bond acceptors (Lipinski definition) is 1. The van der Waals surface area contributed by atoms with Crippen LogP contribution in [0.3, 0.4) is 0 Å². The molecular weight excluding hydrogens is 402 g/mol. The van der Waals surface area contributed by atoms with Crippen molar-refractivity contribution in [2.24, 2.45) is 0 Å². The van der Waals surface area contributed by atoms with Gasteiger partial charge in [0.15, 0.2) is 0 Å². The smallest absolute Gasteiger partial charge is 0.132 e. The maximum Gasteiger partial charge on any atom is 0.132 e. The minimum atomic E-state index is 0.343. The summed E-state index contributed by atoms with van der Waals surface area (Å²) >= 11 is 4.88. The van der Waals surface area contributed by atoms with Gasteiger partial charge in [-0.15, -0.1) is 0 Å². The van der Waals surface area contributed by atoms with Gasteiger partial charge in [0.25, 0.3) is 0 Å². The fourth-order valence-corrected chi connectivity index (χ4v) is 1.74. The van der Waals surface area contributed by atoms with Crippen molar-refractivity contribution < 1.29 is 4.79 Å². The van der Waals surface area contributed by atoms with Gasteiger partial charge in [-0.1, -0.05) is 83.3 Å². The zero-order chi connectivity index (χ0) is 11.0. The Morgan fingerprint density at radius 1 is 1.29 bits per heavy atom. The average molecular weight is 418 g/mol. The van der Waals surface area contributed by atoms with E-state index >= 15 is 0 Å². The molecule has 3 heteroatoms. The minimum absolute atomic E-state index is 0.343. The Kier molecular flexibility index (Phi) is 8.19. The minimum Gasteiger partial charge on any atom is -0.300 e. The molecule has 1 rings (SSSR count). The Morgan fingerprint density at radius 2 is 1.86 bits per heavy atom. The van der Waals surface area contributed by atoms with Crippen molar-refractivity contribution in [2.45, 2.75) is 34.5 Å². The first-order valence-corrected chi connectivity index (χ1v) is 6.91. The fourth-order valence-electron chi connectivity index (χ4n) is 0.818. The van der Waals surface area contributed by atoms with E-state index < -0.39 is 0 Å². The summed E-state index contributed by atoms with van der Waals surface area (Å²) in [7, 11) is 0. The first-order chi connectivity index (χ1) is 6.52. The van der Waals surface area contributed by atoms with E-state index in [2.05, 4.69) is 69.5 Å². The van der Waals surface area contributed by atoms with E-state index in [9.17, 15) is 4.79 Å². The third-order valence-electron chi connectivity index (χ3n) is 1.77. The second kappa shape index (κ2) is 7.84. The third kappa shape index (κ3) is 7.96. The maximum absolute atomic E-state index is 10.2. The molecule has 0 saturated heterocycles. The number of carbonyl (C=O) groups excluding carboxylic acids is 1. The predicted molar refractivity (Wildman–Crippen MR) is 79.3 cm³/mol. The lowest BCUT2D eigenvalue weighted by Gasteiger charge is -2.14. The van der Waals surface area contributed by atoms with E-state index in [1.807, 2.05) is 13.8 Å². The van der Waals surface area contributed by atoms with Crippen LogP contribution in [0.15, 0.2) is 24.3 Å². The molecule has 0 heterocycles. The first kappa shape index (κ1) is 14.6. The monoisotopic (exact) mass is 418 g/mol. The summed E-state index contributed by atoms with van der Waals surface area (Å²) in [6.07, 6.45) is 11.1. The van der Waals surface area contributed by atoms with Crippen molar-refractivity contribution in [3.05, 3.63) is 24.3 Å². The van der Waals surface area contributed by atoms with Crippen LogP contribution in [0.25, 0.3) is 0 Å². The van der Waals surface area contributed by atoms with E-state index in [4.69, 9.17) is 0 Å². The van der Waals surface area contributed by atoms with E-state index in [1.165, 1.54) is 0 Å². The number of allylic oxidation sites excluding steroid dienone is 4. The Balaban J connectivity index is 0.000000255. The highest BCUT2D eigenvalue weighted by molar-refractivity contribution is 14.2. The molecular formula is C11H16I2O. The van der Waals surface area contributed by atoms with Crippen molar-refractivity contribution >= 4 is 51.0 Å². The molecule has 0 atom stereocenters. The fraction of sp³-hybridized carbons (Fsp3) is 0.545. The molecule has 0 amide bonds. The number of halogens is 2. The van der Waals surface area contributed by atoms with Gasteiger partial charge in [0.2, 0.25) is 0 Å². The molecule has 0 N–H and O–H groups in total. The number of ketones is 1. The van der Waals surface area contributed by atoms with Gasteiger partial charge >= 0.3 is 0 Å². The van der Waals surface area contributed by atoms with Crippen molar-refractivity contribution in [3.8, 4) is 0 Å². The molecule has 0 radical (unpaired) electrons. The summed E-state index contributed by atoms with van der Waals surface area (Å²) in [5.74, 6) is 0.343. The Morgan fingerprint density at radius 3 is 2.00 bits per heavy atom. The van der Waals surface area contributed by atoms with E-state index in [0.717, 1.165) is 6.42 Å².